The Labute approximate surface area is 186 Å². The number of Topliss-reactive ketones (excluding diaryl/α,β-unsaturated/α-hetero) is 1. The van der Waals surface area contributed by atoms with Crippen molar-refractivity contribution >= 4 is 11.9 Å². The molecule has 2 aromatic rings. The van der Waals surface area contributed by atoms with Gasteiger partial charge in [-0.3, -0.25) is 4.79 Å². The summed E-state index contributed by atoms with van der Waals surface area (Å²) in [5.74, 6) is 1.69. The predicted octanol–water partition coefficient (Wildman–Crippen LogP) is 4.74. The molecule has 32 heavy (non-hydrogen) atoms. The number of fused-ring (bicyclic) bond motifs is 1. The van der Waals surface area contributed by atoms with Crippen LogP contribution >= 0.6 is 0 Å². The van der Waals surface area contributed by atoms with Gasteiger partial charge in [-0.15, -0.1) is 0 Å². The number of aryl methyl sites for hydroxylation is 1. The van der Waals surface area contributed by atoms with E-state index in [1.165, 1.54) is 6.92 Å². The molecular formula is C24H28O8. The number of hydrogen-bond acceptors (Lipinski definition) is 7. The van der Waals surface area contributed by atoms with Crippen LogP contribution in [0.5, 0.6) is 23.0 Å². The van der Waals surface area contributed by atoms with Gasteiger partial charge < -0.3 is 29.2 Å². The summed E-state index contributed by atoms with van der Waals surface area (Å²) in [4.78, 5) is 22.3. The van der Waals surface area contributed by atoms with Crippen LogP contribution < -0.4 is 14.2 Å². The standard InChI is InChI=1S/C24H28O8/c1-3-5-19-21(10-8-18(15(2)25)23(19)26)30-13-4-12-29-17-7-9-20-16(14-17)6-11-22(31-20)32-24(27)28/h7-10,14,22,26H,3-6,11-13H2,1-2H3,(H,27,28). The quantitative estimate of drug-likeness (QED) is 0.307. The maximum absolute atomic E-state index is 11.7. The van der Waals surface area contributed by atoms with Gasteiger partial charge in [0, 0.05) is 18.4 Å². The third-order valence-electron chi connectivity index (χ3n) is 5.11. The lowest BCUT2D eigenvalue weighted by atomic mass is 10.0. The van der Waals surface area contributed by atoms with Crippen molar-refractivity contribution in [2.45, 2.75) is 52.2 Å². The van der Waals surface area contributed by atoms with E-state index in [1.54, 1.807) is 24.3 Å². The number of ether oxygens (including phenoxy) is 4. The summed E-state index contributed by atoms with van der Waals surface area (Å²) in [6.45, 7) is 4.26. The second kappa shape index (κ2) is 10.7. The Morgan fingerprint density at radius 2 is 1.94 bits per heavy atom. The van der Waals surface area contributed by atoms with Gasteiger partial charge >= 0.3 is 6.16 Å². The average molecular weight is 444 g/mol. The van der Waals surface area contributed by atoms with Crippen LogP contribution in [0.1, 0.15) is 54.6 Å². The molecule has 1 atom stereocenters. The van der Waals surface area contributed by atoms with Crippen molar-refractivity contribution in [2.75, 3.05) is 13.2 Å². The van der Waals surface area contributed by atoms with Gasteiger partial charge in [-0.05, 0) is 55.7 Å². The highest BCUT2D eigenvalue weighted by Crippen LogP contribution is 2.33. The highest BCUT2D eigenvalue weighted by atomic mass is 16.8. The summed E-state index contributed by atoms with van der Waals surface area (Å²) >= 11 is 0. The molecule has 1 heterocycles. The number of carboxylic acid groups (broad SMARTS) is 1. The molecule has 0 bridgehead atoms. The average Bonchev–Trinajstić information content (AvgIpc) is 2.75. The molecule has 1 unspecified atom stereocenters. The molecule has 0 saturated carbocycles. The van der Waals surface area contributed by atoms with Crippen LogP contribution in [0.2, 0.25) is 0 Å². The number of rotatable bonds is 10. The molecule has 8 nitrogen and oxygen atoms in total. The molecule has 172 valence electrons. The fourth-order valence-electron chi connectivity index (χ4n) is 3.59. The van der Waals surface area contributed by atoms with Gasteiger partial charge in [0.2, 0.25) is 6.29 Å². The second-order valence-electron chi connectivity index (χ2n) is 7.53. The van der Waals surface area contributed by atoms with Crippen LogP contribution in [0.25, 0.3) is 0 Å². The van der Waals surface area contributed by atoms with E-state index in [9.17, 15) is 14.7 Å². The molecule has 8 heteroatoms. The molecule has 3 rings (SSSR count). The number of hydrogen-bond donors (Lipinski definition) is 2. The van der Waals surface area contributed by atoms with Gasteiger partial charge in [0.1, 0.15) is 23.0 Å². The topological polar surface area (TPSA) is 112 Å². The maximum Gasteiger partial charge on any atom is 0.508 e. The van der Waals surface area contributed by atoms with Gasteiger partial charge in [-0.2, -0.15) is 0 Å². The number of aromatic hydroxyl groups is 1. The number of phenols is 1. The van der Waals surface area contributed by atoms with Crippen molar-refractivity contribution in [1.82, 2.24) is 0 Å². The van der Waals surface area contributed by atoms with E-state index in [0.29, 0.717) is 67.3 Å². The van der Waals surface area contributed by atoms with Gasteiger partial charge in [0.15, 0.2) is 5.78 Å². The molecule has 0 spiro atoms. The van der Waals surface area contributed by atoms with E-state index in [4.69, 9.17) is 19.3 Å². The van der Waals surface area contributed by atoms with Crippen LogP contribution in [0.4, 0.5) is 4.79 Å². The van der Waals surface area contributed by atoms with Crippen LogP contribution in [0.3, 0.4) is 0 Å². The van der Waals surface area contributed by atoms with Crippen molar-refractivity contribution < 1.29 is 38.7 Å². The summed E-state index contributed by atoms with van der Waals surface area (Å²) in [6.07, 6.45) is 1.01. The fraction of sp³-hybridized carbons (Fsp3) is 0.417. The smallest absolute Gasteiger partial charge is 0.507 e. The molecule has 0 saturated heterocycles. The minimum absolute atomic E-state index is 0.000344. The number of ketones is 1. The minimum atomic E-state index is -1.35. The van der Waals surface area contributed by atoms with Crippen molar-refractivity contribution in [3.05, 3.63) is 47.0 Å². The number of benzene rings is 2. The Morgan fingerprint density at radius 3 is 2.66 bits per heavy atom. The molecule has 2 aromatic carbocycles. The molecule has 1 aliphatic rings. The Bertz CT molecular complexity index is 969. The van der Waals surface area contributed by atoms with Gasteiger partial charge in [0.05, 0.1) is 18.8 Å². The summed E-state index contributed by atoms with van der Waals surface area (Å²) in [5.41, 5.74) is 1.90. The zero-order valence-electron chi connectivity index (χ0n) is 18.3. The normalized spacial score (nSPS) is 14.8. The van der Waals surface area contributed by atoms with E-state index >= 15 is 0 Å². The SMILES string of the molecule is CCCc1c(OCCCOc2ccc3c(c2)CCC(OC(=O)O)O3)ccc(C(C)=O)c1O. The molecule has 0 amide bonds. The second-order valence-corrected chi connectivity index (χ2v) is 7.53. The molecule has 0 radical (unpaired) electrons. The first-order chi connectivity index (χ1) is 15.4. The van der Waals surface area contributed by atoms with Crippen molar-refractivity contribution in [2.24, 2.45) is 0 Å². The Morgan fingerprint density at radius 1 is 1.16 bits per heavy atom. The number of phenolic OH excluding ortho intramolecular Hbond substituents is 1. The molecule has 0 aliphatic carbocycles. The van der Waals surface area contributed by atoms with E-state index in [0.717, 1.165) is 12.0 Å². The van der Waals surface area contributed by atoms with Gasteiger partial charge in [-0.1, -0.05) is 13.3 Å². The lowest BCUT2D eigenvalue weighted by Gasteiger charge is -2.25. The maximum atomic E-state index is 11.7. The fourth-order valence-corrected chi connectivity index (χ4v) is 3.59. The van der Waals surface area contributed by atoms with Crippen LogP contribution in [0, 0.1) is 0 Å². The molecule has 0 aromatic heterocycles. The summed E-state index contributed by atoms with van der Waals surface area (Å²) in [6, 6.07) is 8.71. The number of carbonyl (C=O) groups is 2. The Kier molecular flexibility index (Phi) is 7.81. The molecule has 0 fully saturated rings. The predicted molar refractivity (Wildman–Crippen MR) is 116 cm³/mol. The van der Waals surface area contributed by atoms with Crippen LogP contribution in [-0.4, -0.2) is 41.7 Å². The van der Waals surface area contributed by atoms with Crippen molar-refractivity contribution in [1.29, 1.82) is 0 Å². The lowest BCUT2D eigenvalue weighted by Crippen LogP contribution is -2.27. The summed E-state index contributed by atoms with van der Waals surface area (Å²) in [7, 11) is 0. The molecular weight excluding hydrogens is 416 g/mol. The lowest BCUT2D eigenvalue weighted by molar-refractivity contribution is -0.0635. The zero-order valence-corrected chi connectivity index (χ0v) is 18.3. The first-order valence-electron chi connectivity index (χ1n) is 10.7. The summed E-state index contributed by atoms with van der Waals surface area (Å²) in [5, 5.41) is 19.1. The third kappa shape index (κ3) is 5.84. The third-order valence-corrected chi connectivity index (χ3v) is 5.11. The zero-order chi connectivity index (χ0) is 23.1. The van der Waals surface area contributed by atoms with Crippen molar-refractivity contribution in [3.8, 4) is 23.0 Å². The Hall–Kier alpha value is -3.42. The highest BCUT2D eigenvalue weighted by Gasteiger charge is 2.23. The monoisotopic (exact) mass is 444 g/mol. The van der Waals surface area contributed by atoms with Gasteiger partial charge in [-0.25, -0.2) is 4.79 Å². The van der Waals surface area contributed by atoms with Crippen LogP contribution in [-0.2, 0) is 17.6 Å². The van der Waals surface area contributed by atoms with E-state index in [1.807, 2.05) is 13.0 Å². The minimum Gasteiger partial charge on any atom is -0.507 e. The Balaban J connectivity index is 1.50. The van der Waals surface area contributed by atoms with E-state index in [-0.39, 0.29) is 11.5 Å². The van der Waals surface area contributed by atoms with E-state index < -0.39 is 12.4 Å². The summed E-state index contributed by atoms with van der Waals surface area (Å²) < 4.78 is 21.8. The van der Waals surface area contributed by atoms with E-state index in [2.05, 4.69) is 4.74 Å². The molecule has 2 N–H and O–H groups in total. The molecule has 1 aliphatic heterocycles. The highest BCUT2D eigenvalue weighted by molar-refractivity contribution is 5.97. The largest absolute Gasteiger partial charge is 0.508 e. The van der Waals surface area contributed by atoms with Gasteiger partial charge in [0.25, 0.3) is 0 Å². The van der Waals surface area contributed by atoms with Crippen LogP contribution in [0.15, 0.2) is 30.3 Å². The first-order valence-corrected chi connectivity index (χ1v) is 10.7. The number of carbonyl (C=O) groups excluding carboxylic acids is 1. The van der Waals surface area contributed by atoms with Crippen molar-refractivity contribution in [3.63, 3.8) is 0 Å². The first kappa shape index (κ1) is 23.2.